The number of rotatable bonds is 8. The maximum atomic E-state index is 14.7. The molecule has 236 valence electrons. The number of piperidine rings is 1. The molecule has 3 aromatic rings. The first kappa shape index (κ1) is 31.6. The Morgan fingerprint density at radius 2 is 1.93 bits per heavy atom. The molecule has 2 fully saturated rings. The summed E-state index contributed by atoms with van der Waals surface area (Å²) in [6, 6.07) is 7.70. The normalized spacial score (nSPS) is 20.8. The van der Waals surface area contributed by atoms with Crippen molar-refractivity contribution in [1.29, 1.82) is 0 Å². The predicted molar refractivity (Wildman–Crippen MR) is 166 cm³/mol. The third-order valence-corrected chi connectivity index (χ3v) is 8.28. The topological polar surface area (TPSA) is 131 Å². The summed E-state index contributed by atoms with van der Waals surface area (Å²) >= 11 is 0. The van der Waals surface area contributed by atoms with Crippen molar-refractivity contribution in [3.05, 3.63) is 77.3 Å². The minimum atomic E-state index is -1.45. The highest BCUT2D eigenvalue weighted by atomic mass is 19.1. The van der Waals surface area contributed by atoms with Crippen molar-refractivity contribution < 1.29 is 28.0 Å². The second kappa shape index (κ2) is 13.0. The number of allylic oxidation sites excluding steroid dienone is 4. The maximum absolute atomic E-state index is 14.7. The molecule has 1 aromatic heterocycles. The predicted octanol–water partition coefficient (Wildman–Crippen LogP) is 3.81. The Hall–Kier alpha value is -4.87. The van der Waals surface area contributed by atoms with Crippen molar-refractivity contribution in [2.24, 2.45) is 5.73 Å². The van der Waals surface area contributed by atoms with Gasteiger partial charge < -0.3 is 20.9 Å². The molecule has 2 saturated heterocycles. The summed E-state index contributed by atoms with van der Waals surface area (Å²) in [5, 5.41) is 7.44. The van der Waals surface area contributed by atoms with Crippen LogP contribution in [0.1, 0.15) is 54.7 Å². The zero-order chi connectivity index (χ0) is 32.4. The number of nitrogens with zero attached hydrogens (tertiary/aromatic N) is 4. The number of hydrogen-bond donors (Lipinski definition) is 2. The fourth-order valence-corrected chi connectivity index (χ4v) is 6.07. The number of aromatic nitrogens is 2. The molecule has 0 spiro atoms. The van der Waals surface area contributed by atoms with Crippen LogP contribution in [0.25, 0.3) is 16.5 Å². The lowest BCUT2D eigenvalue weighted by Crippen LogP contribution is -2.56. The first-order valence-corrected chi connectivity index (χ1v) is 14.9. The number of alkyl halides is 1. The third kappa shape index (κ3) is 6.36. The van der Waals surface area contributed by atoms with Crippen LogP contribution in [0.2, 0.25) is 0 Å². The Bertz CT molecular complexity index is 1730. The molecule has 4 amide bonds. The summed E-state index contributed by atoms with van der Waals surface area (Å²) < 4.78 is 30.6. The minimum Gasteiger partial charge on any atom is -0.364 e. The fraction of sp³-hybridized carbons (Fsp3) is 0.364. The summed E-state index contributed by atoms with van der Waals surface area (Å²) in [6.45, 7) is 5.19. The number of likely N-dealkylation sites (tertiary alicyclic amines) is 1. The second-order valence-corrected chi connectivity index (χ2v) is 11.4. The van der Waals surface area contributed by atoms with E-state index in [4.69, 9.17) is 5.73 Å². The van der Waals surface area contributed by atoms with Gasteiger partial charge in [-0.05, 0) is 74.6 Å². The van der Waals surface area contributed by atoms with Crippen LogP contribution in [0.15, 0.2) is 54.6 Å². The van der Waals surface area contributed by atoms with Gasteiger partial charge in [-0.1, -0.05) is 30.4 Å². The number of nitrogens with one attached hydrogen (secondary N) is 1. The van der Waals surface area contributed by atoms with Gasteiger partial charge in [0.05, 0.1) is 17.7 Å². The van der Waals surface area contributed by atoms with Crippen molar-refractivity contribution in [2.45, 2.75) is 64.8 Å². The summed E-state index contributed by atoms with van der Waals surface area (Å²) in [4.78, 5) is 55.0. The molecular formula is C33H36F2N6O4. The SMILES string of the molecule is CC=CC(=CC)c1ccc2c(c1)c(C(N)=O)nn2CC(=O)N1C[C@H](F)C[C@H]1C(=O)NC1CCCN(c2cc(C)ccc2F)C1=O. The summed E-state index contributed by atoms with van der Waals surface area (Å²) in [5.41, 5.74) is 8.74. The lowest BCUT2D eigenvalue weighted by atomic mass is 10.0. The number of aryl methyl sites for hydroxylation is 1. The van der Waals surface area contributed by atoms with Crippen LogP contribution >= 0.6 is 0 Å². The van der Waals surface area contributed by atoms with Gasteiger partial charge in [0, 0.05) is 18.4 Å². The number of primary amides is 1. The number of nitrogens with two attached hydrogens (primary N) is 1. The molecule has 0 aliphatic carbocycles. The first-order valence-electron chi connectivity index (χ1n) is 14.9. The molecule has 3 heterocycles. The van der Waals surface area contributed by atoms with Crippen LogP contribution in [0.5, 0.6) is 0 Å². The second-order valence-electron chi connectivity index (χ2n) is 11.4. The molecule has 2 aromatic carbocycles. The van der Waals surface area contributed by atoms with E-state index in [2.05, 4.69) is 10.4 Å². The Balaban J connectivity index is 1.34. The van der Waals surface area contributed by atoms with E-state index < -0.39 is 47.7 Å². The molecule has 0 bridgehead atoms. The molecular weight excluding hydrogens is 582 g/mol. The van der Waals surface area contributed by atoms with E-state index in [1.165, 1.54) is 15.6 Å². The van der Waals surface area contributed by atoms with E-state index in [9.17, 15) is 28.0 Å². The highest BCUT2D eigenvalue weighted by molar-refractivity contribution is 6.05. The number of halogens is 2. The maximum Gasteiger partial charge on any atom is 0.269 e. The largest absolute Gasteiger partial charge is 0.364 e. The van der Waals surface area contributed by atoms with Crippen LogP contribution in [-0.2, 0) is 20.9 Å². The number of carbonyl (C=O) groups is 4. The van der Waals surface area contributed by atoms with Crippen molar-refractivity contribution >= 4 is 45.8 Å². The van der Waals surface area contributed by atoms with Crippen LogP contribution in [0, 0.1) is 12.7 Å². The van der Waals surface area contributed by atoms with Gasteiger partial charge in [0.2, 0.25) is 17.7 Å². The van der Waals surface area contributed by atoms with Gasteiger partial charge in [-0.25, -0.2) is 8.78 Å². The molecule has 12 heteroatoms. The first-order chi connectivity index (χ1) is 21.5. The van der Waals surface area contributed by atoms with Gasteiger partial charge in [-0.15, -0.1) is 0 Å². The van der Waals surface area contributed by atoms with Crippen LogP contribution < -0.4 is 16.0 Å². The molecule has 2 aliphatic heterocycles. The molecule has 5 rings (SSSR count). The molecule has 3 N–H and O–H groups in total. The number of carbonyl (C=O) groups excluding carboxylic acids is 4. The molecule has 2 aliphatic rings. The molecule has 10 nitrogen and oxygen atoms in total. The monoisotopic (exact) mass is 618 g/mol. The van der Waals surface area contributed by atoms with Crippen molar-refractivity contribution in [3.63, 3.8) is 0 Å². The van der Waals surface area contributed by atoms with E-state index in [0.29, 0.717) is 30.3 Å². The van der Waals surface area contributed by atoms with E-state index in [0.717, 1.165) is 21.6 Å². The Morgan fingerprint density at radius 3 is 2.64 bits per heavy atom. The van der Waals surface area contributed by atoms with Crippen LogP contribution in [0.4, 0.5) is 14.5 Å². The molecule has 1 unspecified atom stereocenters. The van der Waals surface area contributed by atoms with Crippen LogP contribution in [0.3, 0.4) is 0 Å². The molecule has 3 atom stereocenters. The van der Waals surface area contributed by atoms with Crippen LogP contribution in [-0.4, -0.2) is 69.7 Å². The van der Waals surface area contributed by atoms with Gasteiger partial charge in [0.15, 0.2) is 5.69 Å². The van der Waals surface area contributed by atoms with E-state index in [1.54, 1.807) is 31.2 Å². The lowest BCUT2D eigenvalue weighted by Gasteiger charge is -2.34. The number of hydrogen-bond acceptors (Lipinski definition) is 5. The average Bonchev–Trinajstić information content (AvgIpc) is 3.58. The third-order valence-electron chi connectivity index (χ3n) is 8.28. The fourth-order valence-electron chi connectivity index (χ4n) is 6.07. The quantitative estimate of drug-likeness (QED) is 0.371. The molecule has 45 heavy (non-hydrogen) atoms. The van der Waals surface area contributed by atoms with Crippen molar-refractivity contribution in [2.75, 3.05) is 18.0 Å². The number of anilines is 1. The summed E-state index contributed by atoms with van der Waals surface area (Å²) in [7, 11) is 0. The zero-order valence-corrected chi connectivity index (χ0v) is 25.4. The summed E-state index contributed by atoms with van der Waals surface area (Å²) in [6.07, 6.45) is 4.89. The lowest BCUT2D eigenvalue weighted by molar-refractivity contribution is -0.140. The van der Waals surface area contributed by atoms with E-state index in [-0.39, 0.29) is 30.9 Å². The standard InChI is InChI=1S/C33H36F2N6O4/c1-4-7-20(5-2)21-10-12-26-23(15-21)30(31(36)43)38-41(26)18-29(42)40-17-22(34)16-28(40)32(44)37-25-8-6-13-39(33(25)45)27-14-19(3)9-11-24(27)35/h4-5,7,9-12,14-15,22,25,28H,6,8,13,16-18H2,1-3H3,(H2,36,43)(H,37,44)/t22-,25?,28+/m1/s1. The summed E-state index contributed by atoms with van der Waals surface area (Å²) in [5.74, 6) is -3.03. The molecule has 0 radical (unpaired) electrons. The zero-order valence-electron chi connectivity index (χ0n) is 25.4. The van der Waals surface area contributed by atoms with Crippen molar-refractivity contribution in [1.82, 2.24) is 20.0 Å². The highest BCUT2D eigenvalue weighted by Gasteiger charge is 2.42. The van der Waals surface area contributed by atoms with Crippen molar-refractivity contribution in [3.8, 4) is 0 Å². The number of benzene rings is 2. The van der Waals surface area contributed by atoms with Gasteiger partial charge in [-0.3, -0.25) is 23.9 Å². The Kier molecular flexibility index (Phi) is 9.12. The minimum absolute atomic E-state index is 0.0138. The number of fused-ring (bicyclic) bond motifs is 1. The Labute approximate surface area is 259 Å². The Morgan fingerprint density at radius 1 is 1.16 bits per heavy atom. The van der Waals surface area contributed by atoms with Gasteiger partial charge in [-0.2, -0.15) is 5.10 Å². The highest BCUT2D eigenvalue weighted by Crippen LogP contribution is 2.28. The van der Waals surface area contributed by atoms with Gasteiger partial charge in [0.25, 0.3) is 5.91 Å². The average molecular weight is 619 g/mol. The van der Waals surface area contributed by atoms with E-state index >= 15 is 0 Å². The smallest absolute Gasteiger partial charge is 0.269 e. The van der Waals surface area contributed by atoms with Gasteiger partial charge >= 0.3 is 0 Å². The van der Waals surface area contributed by atoms with E-state index in [1.807, 2.05) is 38.1 Å². The molecule has 0 saturated carbocycles. The van der Waals surface area contributed by atoms with Gasteiger partial charge in [0.1, 0.15) is 30.6 Å². The number of amides is 4.